The minimum Gasteiger partial charge on any atom is -0.497 e. The predicted octanol–water partition coefficient (Wildman–Crippen LogP) is 6.05. The van der Waals surface area contributed by atoms with Crippen LogP contribution in [0.4, 0.5) is 17.1 Å². The third kappa shape index (κ3) is 8.78. The molecule has 4 aromatic rings. The number of nitrogens with zero attached hydrogens (tertiary/aromatic N) is 1. The Hall–Kier alpha value is -5.42. The van der Waals surface area contributed by atoms with Gasteiger partial charge in [-0.1, -0.05) is 42.5 Å². The summed E-state index contributed by atoms with van der Waals surface area (Å²) in [6.07, 6.45) is 1.56. The van der Waals surface area contributed by atoms with Gasteiger partial charge in [0.25, 0.3) is 17.5 Å². The van der Waals surface area contributed by atoms with Gasteiger partial charge in [-0.3, -0.25) is 24.5 Å². The molecule has 0 spiro atoms. The molecule has 0 saturated carbocycles. The lowest BCUT2D eigenvalue weighted by atomic mass is 10.1. The second-order valence-corrected chi connectivity index (χ2v) is 10.3. The fourth-order valence-corrected chi connectivity index (χ4v) is 4.62. The van der Waals surface area contributed by atoms with Crippen molar-refractivity contribution in [3.8, 4) is 5.75 Å². The van der Waals surface area contributed by atoms with Crippen LogP contribution in [0, 0.1) is 17.0 Å². The fourth-order valence-electron chi connectivity index (χ4n) is 3.86. The molecule has 0 heterocycles. The van der Waals surface area contributed by atoms with Gasteiger partial charge >= 0.3 is 0 Å². The highest BCUT2D eigenvalue weighted by molar-refractivity contribution is 8.00. The molecule has 0 aromatic heterocycles. The summed E-state index contributed by atoms with van der Waals surface area (Å²) in [7, 11) is 1.56. The van der Waals surface area contributed by atoms with E-state index < -0.39 is 16.7 Å². The molecule has 10 nitrogen and oxygen atoms in total. The number of amides is 3. The van der Waals surface area contributed by atoms with Gasteiger partial charge in [-0.2, -0.15) is 0 Å². The number of thioether (sulfide) groups is 1. The molecule has 4 aromatic carbocycles. The van der Waals surface area contributed by atoms with Crippen molar-refractivity contribution in [2.45, 2.75) is 11.8 Å². The van der Waals surface area contributed by atoms with E-state index in [1.54, 1.807) is 105 Å². The second kappa shape index (κ2) is 14.5. The molecule has 43 heavy (non-hydrogen) atoms. The van der Waals surface area contributed by atoms with E-state index in [9.17, 15) is 24.5 Å². The summed E-state index contributed by atoms with van der Waals surface area (Å²) >= 11 is 1.23. The first kappa shape index (κ1) is 30.5. The van der Waals surface area contributed by atoms with Crippen molar-refractivity contribution in [1.82, 2.24) is 5.32 Å². The fraction of sp³-hybridized carbons (Fsp3) is 0.0938. The normalized spacial score (nSPS) is 10.9. The second-order valence-electron chi connectivity index (χ2n) is 9.23. The molecule has 0 bridgehead atoms. The Bertz CT molecular complexity index is 1670. The number of anilines is 2. The standard InChI is InChI=1S/C32H28N4O6S/c1-21-11-14-25(36(40)41)19-28(21)34-30(37)20-43-27-10-6-9-24(18-27)33-32(39)29(17-22-12-15-26(42-2)16-13-22)35-31(38)23-7-4-3-5-8-23/h3-19H,20H2,1-2H3,(H,33,39)(H,34,37)(H,35,38)/b29-17+. The molecule has 0 aliphatic rings. The number of ether oxygens (including phenoxy) is 1. The zero-order valence-electron chi connectivity index (χ0n) is 23.3. The Morgan fingerprint density at radius 1 is 0.907 bits per heavy atom. The highest BCUT2D eigenvalue weighted by Gasteiger charge is 2.16. The van der Waals surface area contributed by atoms with Crippen LogP contribution >= 0.6 is 11.8 Å². The number of non-ortho nitro benzene ring substituents is 1. The number of nitrogens with one attached hydrogen (secondary N) is 3. The Balaban J connectivity index is 1.45. The third-order valence-corrected chi connectivity index (χ3v) is 7.12. The molecule has 3 N–H and O–H groups in total. The minimum absolute atomic E-state index is 0.0313. The average molecular weight is 597 g/mol. The molecule has 0 aliphatic heterocycles. The quantitative estimate of drug-likeness (QED) is 0.0829. The molecule has 0 unspecified atom stereocenters. The van der Waals surface area contributed by atoms with Gasteiger partial charge < -0.3 is 20.7 Å². The lowest BCUT2D eigenvalue weighted by molar-refractivity contribution is -0.384. The van der Waals surface area contributed by atoms with E-state index in [2.05, 4.69) is 16.0 Å². The molecule has 0 atom stereocenters. The third-order valence-electron chi connectivity index (χ3n) is 6.12. The van der Waals surface area contributed by atoms with E-state index in [-0.39, 0.29) is 23.0 Å². The van der Waals surface area contributed by atoms with Crippen LogP contribution in [0.3, 0.4) is 0 Å². The van der Waals surface area contributed by atoms with Crippen LogP contribution in [0.5, 0.6) is 5.75 Å². The first-order chi connectivity index (χ1) is 20.7. The van der Waals surface area contributed by atoms with Crippen molar-refractivity contribution in [2.24, 2.45) is 0 Å². The van der Waals surface area contributed by atoms with Crippen LogP contribution < -0.4 is 20.7 Å². The number of nitro groups is 1. The Morgan fingerprint density at radius 2 is 1.65 bits per heavy atom. The number of carbonyl (C=O) groups excluding carboxylic acids is 3. The minimum atomic E-state index is -0.541. The smallest absolute Gasteiger partial charge is 0.272 e. The summed E-state index contributed by atoms with van der Waals surface area (Å²) < 4.78 is 5.20. The number of hydrogen-bond acceptors (Lipinski definition) is 7. The maximum atomic E-state index is 13.4. The monoisotopic (exact) mass is 596 g/mol. The van der Waals surface area contributed by atoms with Gasteiger partial charge in [-0.05, 0) is 66.6 Å². The number of carbonyl (C=O) groups is 3. The molecule has 3 amide bonds. The van der Waals surface area contributed by atoms with E-state index in [0.717, 1.165) is 0 Å². The van der Waals surface area contributed by atoms with Gasteiger partial charge in [0.15, 0.2) is 0 Å². The topological polar surface area (TPSA) is 140 Å². The van der Waals surface area contributed by atoms with Gasteiger partial charge in [0.05, 0.1) is 23.5 Å². The van der Waals surface area contributed by atoms with Gasteiger partial charge in [0.2, 0.25) is 5.91 Å². The van der Waals surface area contributed by atoms with Crippen LogP contribution in [0.15, 0.2) is 108 Å². The first-order valence-corrected chi connectivity index (χ1v) is 14.0. The Kier molecular flexibility index (Phi) is 10.3. The summed E-state index contributed by atoms with van der Waals surface area (Å²) in [4.78, 5) is 50.1. The highest BCUT2D eigenvalue weighted by atomic mass is 32.2. The van der Waals surface area contributed by atoms with Crippen molar-refractivity contribution in [3.63, 3.8) is 0 Å². The maximum absolute atomic E-state index is 13.4. The molecule has 4 rings (SSSR count). The van der Waals surface area contributed by atoms with Gasteiger partial charge in [-0.25, -0.2) is 0 Å². The van der Waals surface area contributed by atoms with Crippen LogP contribution in [-0.4, -0.2) is 35.5 Å². The van der Waals surface area contributed by atoms with Crippen molar-refractivity contribution in [3.05, 3.63) is 130 Å². The maximum Gasteiger partial charge on any atom is 0.272 e. The summed E-state index contributed by atoms with van der Waals surface area (Å²) in [5.41, 5.74) is 2.52. The lowest BCUT2D eigenvalue weighted by Gasteiger charge is -2.12. The lowest BCUT2D eigenvalue weighted by Crippen LogP contribution is -2.30. The van der Waals surface area contributed by atoms with E-state index in [1.807, 2.05) is 0 Å². The molecule has 11 heteroatoms. The van der Waals surface area contributed by atoms with Gasteiger partial charge in [-0.15, -0.1) is 11.8 Å². The van der Waals surface area contributed by atoms with Crippen molar-refractivity contribution in [1.29, 1.82) is 0 Å². The zero-order valence-corrected chi connectivity index (χ0v) is 24.1. The Labute approximate surface area is 252 Å². The summed E-state index contributed by atoms with van der Waals surface area (Å²) in [5.74, 6) is -0.628. The van der Waals surface area contributed by atoms with Crippen LogP contribution in [0.1, 0.15) is 21.5 Å². The molecular weight excluding hydrogens is 568 g/mol. The van der Waals surface area contributed by atoms with E-state index in [0.29, 0.717) is 38.7 Å². The SMILES string of the molecule is COc1ccc(/C=C(/NC(=O)c2ccccc2)C(=O)Nc2cccc(SCC(=O)Nc3cc([N+](=O)[O-])ccc3C)c2)cc1. The number of aryl methyl sites for hydroxylation is 1. The number of benzene rings is 4. The largest absolute Gasteiger partial charge is 0.497 e. The van der Waals surface area contributed by atoms with Crippen molar-refractivity contribution in [2.75, 3.05) is 23.5 Å². The Morgan fingerprint density at radius 3 is 2.35 bits per heavy atom. The molecule has 0 saturated heterocycles. The molecule has 0 radical (unpaired) electrons. The summed E-state index contributed by atoms with van der Waals surface area (Å²) in [5, 5.41) is 19.3. The summed E-state index contributed by atoms with van der Waals surface area (Å²) in [6.45, 7) is 1.75. The number of hydrogen-bond donors (Lipinski definition) is 3. The number of rotatable bonds is 11. The van der Waals surface area contributed by atoms with E-state index >= 15 is 0 Å². The van der Waals surface area contributed by atoms with Gasteiger partial charge in [0, 0.05) is 28.3 Å². The molecule has 218 valence electrons. The predicted molar refractivity (Wildman–Crippen MR) is 167 cm³/mol. The van der Waals surface area contributed by atoms with Gasteiger partial charge in [0.1, 0.15) is 11.4 Å². The summed E-state index contributed by atoms with van der Waals surface area (Å²) in [6, 6.07) is 26.8. The van der Waals surface area contributed by atoms with Crippen LogP contribution in [0.25, 0.3) is 6.08 Å². The van der Waals surface area contributed by atoms with E-state index in [4.69, 9.17) is 4.74 Å². The van der Waals surface area contributed by atoms with Crippen LogP contribution in [-0.2, 0) is 9.59 Å². The molecule has 0 aliphatic carbocycles. The van der Waals surface area contributed by atoms with E-state index in [1.165, 1.54) is 23.9 Å². The van der Waals surface area contributed by atoms with Crippen molar-refractivity contribution >= 4 is 52.6 Å². The zero-order chi connectivity index (χ0) is 30.8. The van der Waals surface area contributed by atoms with Crippen LogP contribution in [0.2, 0.25) is 0 Å². The van der Waals surface area contributed by atoms with Crippen molar-refractivity contribution < 1.29 is 24.0 Å². The molecule has 0 fully saturated rings. The molecular formula is C32H28N4O6S. The average Bonchev–Trinajstić information content (AvgIpc) is 3.01. The number of nitro benzene ring substituents is 1. The number of methoxy groups -OCH3 is 1. The first-order valence-electron chi connectivity index (χ1n) is 13.0. The highest BCUT2D eigenvalue weighted by Crippen LogP contribution is 2.25.